The number of ether oxygens (including phenoxy) is 1. The zero-order chi connectivity index (χ0) is 18.1. The molecule has 2 aromatic carbocycles. The normalized spacial score (nSPS) is 10.5. The number of nitrogens with one attached hydrogen (secondary N) is 2. The van der Waals surface area contributed by atoms with E-state index in [4.69, 9.17) is 16.3 Å². The van der Waals surface area contributed by atoms with Crippen LogP contribution in [-0.2, 0) is 9.59 Å². The Morgan fingerprint density at radius 1 is 1.16 bits per heavy atom. The fourth-order valence-electron chi connectivity index (χ4n) is 1.71. The summed E-state index contributed by atoms with van der Waals surface area (Å²) in [6.45, 7) is -0.394. The smallest absolute Gasteiger partial charge is 0.259 e. The lowest BCUT2D eigenvalue weighted by molar-refractivity contribution is -0.127. The van der Waals surface area contributed by atoms with Gasteiger partial charge in [0.05, 0.1) is 12.8 Å². The van der Waals surface area contributed by atoms with Crippen molar-refractivity contribution in [2.24, 2.45) is 5.10 Å². The van der Waals surface area contributed by atoms with Crippen LogP contribution in [0.1, 0.15) is 5.56 Å². The second kappa shape index (κ2) is 9.80. The van der Waals surface area contributed by atoms with Crippen molar-refractivity contribution < 1.29 is 14.3 Å². The molecule has 2 rings (SSSR count). The Morgan fingerprint density at radius 3 is 2.64 bits per heavy atom. The lowest BCUT2D eigenvalue weighted by atomic mass is 10.2. The molecule has 0 atom stereocenters. The van der Waals surface area contributed by atoms with E-state index in [1.165, 1.54) is 6.21 Å². The highest BCUT2D eigenvalue weighted by molar-refractivity contribution is 9.10. The third kappa shape index (κ3) is 7.36. The summed E-state index contributed by atoms with van der Waals surface area (Å²) in [6, 6.07) is 14.1. The SMILES string of the molecule is O=C(COc1ccc(Cl)cc1)NCC(=O)N/N=C\c1cccc(Br)c1. The number of hydrazone groups is 1. The number of amides is 2. The Hall–Kier alpha value is -2.38. The highest BCUT2D eigenvalue weighted by atomic mass is 79.9. The molecule has 2 N–H and O–H groups in total. The Bertz CT molecular complexity index is 766. The van der Waals surface area contributed by atoms with Crippen molar-refractivity contribution in [1.82, 2.24) is 10.7 Å². The average molecular weight is 425 g/mol. The summed E-state index contributed by atoms with van der Waals surface area (Å²) in [6.07, 6.45) is 1.51. The van der Waals surface area contributed by atoms with Gasteiger partial charge in [-0.15, -0.1) is 0 Å². The van der Waals surface area contributed by atoms with Crippen LogP contribution >= 0.6 is 27.5 Å². The molecule has 0 unspecified atom stereocenters. The molecule has 0 saturated heterocycles. The Morgan fingerprint density at radius 2 is 1.92 bits per heavy atom. The third-order valence-corrected chi connectivity index (χ3v) is 3.63. The van der Waals surface area contributed by atoms with Gasteiger partial charge in [-0.2, -0.15) is 5.10 Å². The molecular weight excluding hydrogens is 410 g/mol. The molecule has 8 heteroatoms. The molecule has 0 saturated carbocycles. The van der Waals surface area contributed by atoms with Crippen molar-refractivity contribution in [3.63, 3.8) is 0 Å². The van der Waals surface area contributed by atoms with Crippen molar-refractivity contribution in [2.75, 3.05) is 13.2 Å². The van der Waals surface area contributed by atoms with Crippen LogP contribution in [0.4, 0.5) is 0 Å². The number of hydrogen-bond acceptors (Lipinski definition) is 4. The average Bonchev–Trinajstić information content (AvgIpc) is 2.59. The van der Waals surface area contributed by atoms with Crippen molar-refractivity contribution >= 4 is 45.6 Å². The van der Waals surface area contributed by atoms with Gasteiger partial charge in [0, 0.05) is 9.50 Å². The zero-order valence-electron chi connectivity index (χ0n) is 13.0. The summed E-state index contributed by atoms with van der Waals surface area (Å²) in [5, 5.41) is 6.84. The summed E-state index contributed by atoms with van der Waals surface area (Å²) in [7, 11) is 0. The van der Waals surface area contributed by atoms with Crippen molar-refractivity contribution in [3.8, 4) is 5.75 Å². The number of nitrogens with zero attached hydrogens (tertiary/aromatic N) is 1. The Balaban J connectivity index is 1.67. The largest absolute Gasteiger partial charge is 0.484 e. The quantitative estimate of drug-likeness (QED) is 0.530. The maximum atomic E-state index is 11.6. The number of carbonyl (C=O) groups excluding carboxylic acids is 2. The first-order chi connectivity index (χ1) is 12.0. The van der Waals surface area contributed by atoms with E-state index in [1.807, 2.05) is 24.3 Å². The monoisotopic (exact) mass is 423 g/mol. The van der Waals surface area contributed by atoms with Gasteiger partial charge >= 0.3 is 0 Å². The fourth-order valence-corrected chi connectivity index (χ4v) is 2.26. The molecule has 0 spiro atoms. The predicted molar refractivity (Wildman–Crippen MR) is 99.8 cm³/mol. The standard InChI is InChI=1S/C17H15BrClN3O3/c18-13-3-1-2-12(8-13)9-21-22-16(23)10-20-17(24)11-25-15-6-4-14(19)5-7-15/h1-9H,10-11H2,(H,20,24)(H,22,23)/b21-9-. The summed E-state index contributed by atoms with van der Waals surface area (Å²) in [5.74, 6) is -0.338. The van der Waals surface area contributed by atoms with Gasteiger partial charge < -0.3 is 10.1 Å². The van der Waals surface area contributed by atoms with E-state index in [-0.39, 0.29) is 13.2 Å². The number of halogens is 2. The molecule has 0 radical (unpaired) electrons. The van der Waals surface area contributed by atoms with Gasteiger partial charge in [-0.1, -0.05) is 39.7 Å². The molecular formula is C17H15BrClN3O3. The molecule has 6 nitrogen and oxygen atoms in total. The van der Waals surface area contributed by atoms with Gasteiger partial charge in [0.1, 0.15) is 5.75 Å². The van der Waals surface area contributed by atoms with Crippen LogP contribution in [0.3, 0.4) is 0 Å². The predicted octanol–water partition coefficient (Wildman–Crippen LogP) is 2.75. The summed E-state index contributed by atoms with van der Waals surface area (Å²) in [5.41, 5.74) is 3.16. The van der Waals surface area contributed by atoms with E-state index in [0.717, 1.165) is 10.0 Å². The van der Waals surface area contributed by atoms with E-state index in [0.29, 0.717) is 10.8 Å². The zero-order valence-corrected chi connectivity index (χ0v) is 15.4. The minimum absolute atomic E-state index is 0.196. The van der Waals surface area contributed by atoms with Gasteiger partial charge in [-0.25, -0.2) is 5.43 Å². The summed E-state index contributed by atoms with van der Waals surface area (Å²) < 4.78 is 6.18. The first kappa shape index (κ1) is 19.0. The fraction of sp³-hybridized carbons (Fsp3) is 0.118. The van der Waals surface area contributed by atoms with E-state index >= 15 is 0 Å². The van der Waals surface area contributed by atoms with E-state index < -0.39 is 11.8 Å². The number of hydrogen-bond donors (Lipinski definition) is 2. The van der Waals surface area contributed by atoms with Crippen LogP contribution in [0.25, 0.3) is 0 Å². The van der Waals surface area contributed by atoms with Crippen LogP contribution in [0, 0.1) is 0 Å². The van der Waals surface area contributed by atoms with Gasteiger partial charge in [0.25, 0.3) is 11.8 Å². The van der Waals surface area contributed by atoms with Gasteiger partial charge in [0.15, 0.2) is 6.61 Å². The highest BCUT2D eigenvalue weighted by Gasteiger charge is 2.05. The van der Waals surface area contributed by atoms with Gasteiger partial charge in [-0.05, 0) is 42.0 Å². The molecule has 0 aliphatic heterocycles. The molecule has 0 bridgehead atoms. The molecule has 0 heterocycles. The van der Waals surface area contributed by atoms with Gasteiger partial charge in [-0.3, -0.25) is 9.59 Å². The maximum Gasteiger partial charge on any atom is 0.259 e. The number of benzene rings is 2. The third-order valence-electron chi connectivity index (χ3n) is 2.88. The Labute approximate surface area is 158 Å². The summed E-state index contributed by atoms with van der Waals surface area (Å²) >= 11 is 9.10. The molecule has 130 valence electrons. The highest BCUT2D eigenvalue weighted by Crippen LogP contribution is 2.15. The van der Waals surface area contributed by atoms with Crippen molar-refractivity contribution in [1.29, 1.82) is 0 Å². The maximum absolute atomic E-state index is 11.6. The lowest BCUT2D eigenvalue weighted by Crippen LogP contribution is -2.37. The second-order valence-electron chi connectivity index (χ2n) is 4.87. The molecule has 25 heavy (non-hydrogen) atoms. The lowest BCUT2D eigenvalue weighted by Gasteiger charge is -2.07. The molecule has 2 amide bonds. The van der Waals surface area contributed by atoms with E-state index in [2.05, 4.69) is 31.8 Å². The molecule has 2 aromatic rings. The van der Waals surface area contributed by atoms with Crippen LogP contribution in [-0.4, -0.2) is 31.2 Å². The van der Waals surface area contributed by atoms with Crippen LogP contribution in [0.5, 0.6) is 5.75 Å². The van der Waals surface area contributed by atoms with Crippen LogP contribution in [0.15, 0.2) is 58.1 Å². The van der Waals surface area contributed by atoms with Gasteiger partial charge in [0.2, 0.25) is 0 Å². The second-order valence-corrected chi connectivity index (χ2v) is 6.22. The minimum atomic E-state index is -0.439. The molecule has 0 fully saturated rings. The number of rotatable bonds is 7. The molecule has 0 aromatic heterocycles. The van der Waals surface area contributed by atoms with E-state index in [9.17, 15) is 9.59 Å². The minimum Gasteiger partial charge on any atom is -0.484 e. The molecule has 0 aliphatic carbocycles. The Kier molecular flexibility index (Phi) is 7.43. The number of carbonyl (C=O) groups is 2. The first-order valence-electron chi connectivity index (χ1n) is 7.25. The van der Waals surface area contributed by atoms with Crippen LogP contribution in [0.2, 0.25) is 5.02 Å². The topological polar surface area (TPSA) is 79.8 Å². The molecule has 0 aliphatic rings. The van der Waals surface area contributed by atoms with Crippen LogP contribution < -0.4 is 15.5 Å². The van der Waals surface area contributed by atoms with E-state index in [1.54, 1.807) is 24.3 Å². The summed E-state index contributed by atoms with van der Waals surface area (Å²) in [4.78, 5) is 23.2. The van der Waals surface area contributed by atoms with Crippen molar-refractivity contribution in [2.45, 2.75) is 0 Å². The van der Waals surface area contributed by atoms with Crippen molar-refractivity contribution in [3.05, 3.63) is 63.6 Å². The first-order valence-corrected chi connectivity index (χ1v) is 8.42.